The highest BCUT2D eigenvalue weighted by molar-refractivity contribution is 6.06. The number of halogens is 3. The molecule has 1 N–H and O–H groups in total. The van der Waals surface area contributed by atoms with Crippen molar-refractivity contribution in [2.45, 2.75) is 25.9 Å². The van der Waals surface area contributed by atoms with Gasteiger partial charge in [-0.2, -0.15) is 13.2 Å². The highest BCUT2D eigenvalue weighted by atomic mass is 19.4. The van der Waals surface area contributed by atoms with Crippen LogP contribution in [0.4, 0.5) is 18.9 Å². The van der Waals surface area contributed by atoms with E-state index in [9.17, 15) is 22.8 Å². The SMILES string of the molecule is CC1CCN(C(=O)c2cncc(C(=O)Nc3ccccc3C(F)(F)F)c2)CC1. The molecule has 1 fully saturated rings. The van der Waals surface area contributed by atoms with E-state index in [4.69, 9.17) is 0 Å². The highest BCUT2D eigenvalue weighted by Gasteiger charge is 2.33. The van der Waals surface area contributed by atoms with Crippen LogP contribution in [0.3, 0.4) is 0 Å². The fourth-order valence-corrected chi connectivity index (χ4v) is 3.11. The number of piperidine rings is 1. The molecule has 0 unspecified atom stereocenters. The van der Waals surface area contributed by atoms with Gasteiger partial charge in [0.25, 0.3) is 11.8 Å². The molecule has 1 aromatic carbocycles. The molecule has 28 heavy (non-hydrogen) atoms. The van der Waals surface area contributed by atoms with E-state index in [1.807, 2.05) is 0 Å². The first kappa shape index (κ1) is 19.9. The number of anilines is 1. The molecule has 1 saturated heterocycles. The molecule has 0 atom stereocenters. The molecule has 1 aromatic heterocycles. The van der Waals surface area contributed by atoms with Crippen molar-refractivity contribution in [3.8, 4) is 0 Å². The van der Waals surface area contributed by atoms with Crippen molar-refractivity contribution in [2.75, 3.05) is 18.4 Å². The number of para-hydroxylation sites is 1. The number of carbonyl (C=O) groups excluding carboxylic acids is 2. The van der Waals surface area contributed by atoms with Gasteiger partial charge in [0.2, 0.25) is 0 Å². The molecule has 0 spiro atoms. The number of nitrogens with one attached hydrogen (secondary N) is 1. The minimum absolute atomic E-state index is 0.0215. The standard InChI is InChI=1S/C20H20F3N3O2/c1-13-6-8-26(9-7-13)19(28)15-10-14(11-24-12-15)18(27)25-17-5-3-2-4-16(17)20(21,22)23/h2-5,10-13H,6-9H2,1H3,(H,25,27). The molecule has 1 aliphatic heterocycles. The van der Waals surface area contributed by atoms with Crippen molar-refractivity contribution < 1.29 is 22.8 Å². The number of nitrogens with zero attached hydrogens (tertiary/aromatic N) is 2. The Hall–Kier alpha value is -2.90. The van der Waals surface area contributed by atoms with E-state index < -0.39 is 17.6 Å². The molecule has 1 aliphatic rings. The molecule has 5 nitrogen and oxygen atoms in total. The summed E-state index contributed by atoms with van der Waals surface area (Å²) in [5, 5.41) is 2.26. The normalized spacial score (nSPS) is 15.4. The number of pyridine rings is 1. The third-order valence-corrected chi connectivity index (χ3v) is 4.80. The number of likely N-dealkylation sites (tertiary alicyclic amines) is 1. The van der Waals surface area contributed by atoms with Gasteiger partial charge in [-0.05, 0) is 37.0 Å². The molecule has 0 aliphatic carbocycles. The summed E-state index contributed by atoms with van der Waals surface area (Å²) in [6, 6.07) is 6.08. The largest absolute Gasteiger partial charge is 0.418 e. The zero-order valence-electron chi connectivity index (χ0n) is 15.3. The van der Waals surface area contributed by atoms with Crippen molar-refractivity contribution in [3.05, 3.63) is 59.4 Å². The second-order valence-corrected chi connectivity index (χ2v) is 6.93. The second kappa shape index (κ2) is 8.00. The van der Waals surface area contributed by atoms with Gasteiger partial charge in [-0.3, -0.25) is 14.6 Å². The maximum atomic E-state index is 13.1. The van der Waals surface area contributed by atoms with Crippen LogP contribution in [0.15, 0.2) is 42.7 Å². The van der Waals surface area contributed by atoms with Crippen LogP contribution >= 0.6 is 0 Å². The number of rotatable bonds is 3. The first-order valence-electron chi connectivity index (χ1n) is 8.97. The van der Waals surface area contributed by atoms with Crippen molar-refractivity contribution >= 4 is 17.5 Å². The highest BCUT2D eigenvalue weighted by Crippen LogP contribution is 2.34. The van der Waals surface area contributed by atoms with E-state index in [-0.39, 0.29) is 22.7 Å². The summed E-state index contributed by atoms with van der Waals surface area (Å²) in [5.41, 5.74) is -1.02. The topological polar surface area (TPSA) is 62.3 Å². The number of amides is 2. The summed E-state index contributed by atoms with van der Waals surface area (Å²) in [6.07, 6.45) is -0.187. The lowest BCUT2D eigenvalue weighted by Crippen LogP contribution is -2.38. The molecule has 0 saturated carbocycles. The maximum Gasteiger partial charge on any atom is 0.418 e. The van der Waals surface area contributed by atoms with Crippen LogP contribution in [-0.4, -0.2) is 34.8 Å². The third-order valence-electron chi connectivity index (χ3n) is 4.80. The van der Waals surface area contributed by atoms with Gasteiger partial charge >= 0.3 is 6.18 Å². The summed E-state index contributed by atoms with van der Waals surface area (Å²) >= 11 is 0. The Kier molecular flexibility index (Phi) is 5.67. The summed E-state index contributed by atoms with van der Waals surface area (Å²) in [7, 11) is 0. The number of benzene rings is 1. The molecule has 148 valence electrons. The molecular weight excluding hydrogens is 371 g/mol. The molecule has 2 heterocycles. The number of alkyl halides is 3. The molecule has 2 amide bonds. The maximum absolute atomic E-state index is 13.1. The zero-order valence-corrected chi connectivity index (χ0v) is 15.3. The van der Waals surface area contributed by atoms with E-state index in [0.717, 1.165) is 18.9 Å². The smallest absolute Gasteiger partial charge is 0.339 e. The second-order valence-electron chi connectivity index (χ2n) is 6.93. The number of aromatic nitrogens is 1. The van der Waals surface area contributed by atoms with Crippen LogP contribution in [0.2, 0.25) is 0 Å². The minimum Gasteiger partial charge on any atom is -0.339 e. The fraction of sp³-hybridized carbons (Fsp3) is 0.350. The quantitative estimate of drug-likeness (QED) is 0.852. The summed E-state index contributed by atoms with van der Waals surface area (Å²) in [6.45, 7) is 3.40. The first-order valence-corrected chi connectivity index (χ1v) is 8.97. The van der Waals surface area contributed by atoms with Crippen LogP contribution in [0.25, 0.3) is 0 Å². The van der Waals surface area contributed by atoms with Gasteiger partial charge in [0.1, 0.15) is 0 Å². The Labute approximate surface area is 160 Å². The van der Waals surface area contributed by atoms with Gasteiger partial charge in [-0.25, -0.2) is 0 Å². The molecular formula is C20H20F3N3O2. The van der Waals surface area contributed by atoms with Gasteiger partial charge in [0, 0.05) is 25.5 Å². The summed E-state index contributed by atoms with van der Waals surface area (Å²) < 4.78 is 39.3. The zero-order chi connectivity index (χ0) is 20.3. The molecule has 0 radical (unpaired) electrons. The average molecular weight is 391 g/mol. The van der Waals surface area contributed by atoms with Crippen LogP contribution in [0.1, 0.15) is 46.0 Å². The van der Waals surface area contributed by atoms with Crippen LogP contribution in [0, 0.1) is 5.92 Å². The first-order chi connectivity index (χ1) is 13.3. The average Bonchev–Trinajstić information content (AvgIpc) is 2.68. The van der Waals surface area contributed by atoms with Gasteiger partial charge in [-0.15, -0.1) is 0 Å². The van der Waals surface area contributed by atoms with Crippen LogP contribution in [0.5, 0.6) is 0 Å². The van der Waals surface area contributed by atoms with E-state index in [0.29, 0.717) is 19.0 Å². The van der Waals surface area contributed by atoms with Crippen molar-refractivity contribution in [3.63, 3.8) is 0 Å². The summed E-state index contributed by atoms with van der Waals surface area (Å²) in [4.78, 5) is 30.7. The number of carbonyl (C=O) groups is 2. The fourth-order valence-electron chi connectivity index (χ4n) is 3.11. The molecule has 3 rings (SSSR count). The number of hydrogen-bond acceptors (Lipinski definition) is 3. The lowest BCUT2D eigenvalue weighted by molar-refractivity contribution is -0.136. The Morgan fingerprint density at radius 3 is 2.43 bits per heavy atom. The molecule has 0 bridgehead atoms. The van der Waals surface area contributed by atoms with E-state index >= 15 is 0 Å². The Balaban J connectivity index is 1.77. The monoisotopic (exact) mass is 391 g/mol. The van der Waals surface area contributed by atoms with Crippen LogP contribution in [-0.2, 0) is 6.18 Å². The molecule has 8 heteroatoms. The Morgan fingerprint density at radius 1 is 1.11 bits per heavy atom. The van der Waals surface area contributed by atoms with Gasteiger partial charge in [0.15, 0.2) is 0 Å². The minimum atomic E-state index is -4.59. The third kappa shape index (κ3) is 4.49. The van der Waals surface area contributed by atoms with E-state index in [2.05, 4.69) is 17.2 Å². The van der Waals surface area contributed by atoms with Gasteiger partial charge in [0.05, 0.1) is 22.4 Å². The van der Waals surface area contributed by atoms with Crippen molar-refractivity contribution in [2.24, 2.45) is 5.92 Å². The molecule has 2 aromatic rings. The van der Waals surface area contributed by atoms with Gasteiger partial charge in [-0.1, -0.05) is 19.1 Å². The van der Waals surface area contributed by atoms with Crippen molar-refractivity contribution in [1.29, 1.82) is 0 Å². The predicted molar refractivity (Wildman–Crippen MR) is 97.9 cm³/mol. The van der Waals surface area contributed by atoms with Crippen LogP contribution < -0.4 is 5.32 Å². The Bertz CT molecular complexity index is 875. The lowest BCUT2D eigenvalue weighted by atomic mass is 9.98. The number of hydrogen-bond donors (Lipinski definition) is 1. The van der Waals surface area contributed by atoms with Gasteiger partial charge < -0.3 is 10.2 Å². The van der Waals surface area contributed by atoms with Crippen molar-refractivity contribution in [1.82, 2.24) is 9.88 Å². The lowest BCUT2D eigenvalue weighted by Gasteiger charge is -2.30. The summed E-state index contributed by atoms with van der Waals surface area (Å²) in [5.74, 6) is -0.427. The van der Waals surface area contributed by atoms with E-state index in [1.54, 1.807) is 4.90 Å². The predicted octanol–water partition coefficient (Wildman–Crippen LogP) is 4.22. The van der Waals surface area contributed by atoms with E-state index in [1.165, 1.54) is 36.7 Å². The Morgan fingerprint density at radius 2 is 1.75 bits per heavy atom.